The third-order valence-electron chi connectivity index (χ3n) is 3.58. The fourth-order valence-electron chi connectivity index (χ4n) is 2.49. The molecule has 0 radical (unpaired) electrons. The lowest BCUT2D eigenvalue weighted by atomic mass is 10.2. The van der Waals surface area contributed by atoms with Gasteiger partial charge >= 0.3 is 0 Å². The van der Waals surface area contributed by atoms with Crippen LogP contribution in [0.1, 0.15) is 26.2 Å². The van der Waals surface area contributed by atoms with Crippen LogP contribution in [-0.2, 0) is 0 Å². The predicted molar refractivity (Wildman–Crippen MR) is 87.0 cm³/mol. The smallest absolute Gasteiger partial charge is 0.0875 e. The first-order valence-corrected chi connectivity index (χ1v) is 8.84. The molecule has 1 unspecified atom stereocenters. The van der Waals surface area contributed by atoms with Crippen LogP contribution >= 0.6 is 23.5 Å². The molecule has 1 atom stereocenters. The first-order chi connectivity index (χ1) is 9.36. The molecule has 1 fully saturated rings. The molecule has 2 nitrogen and oxygen atoms in total. The molecule has 0 bridgehead atoms. The predicted octanol–water partition coefficient (Wildman–Crippen LogP) is 4.09. The maximum absolute atomic E-state index is 4.93. The van der Waals surface area contributed by atoms with Crippen molar-refractivity contribution < 1.29 is 0 Å². The molecule has 1 aromatic carbocycles. The van der Waals surface area contributed by atoms with Gasteiger partial charge in [-0.25, -0.2) is 4.99 Å². The van der Waals surface area contributed by atoms with Crippen molar-refractivity contribution in [1.82, 2.24) is 5.32 Å². The maximum Gasteiger partial charge on any atom is 0.0875 e. The summed E-state index contributed by atoms with van der Waals surface area (Å²) in [5, 5.41) is 6.08. The molecule has 102 valence electrons. The minimum Gasteiger partial charge on any atom is -0.317 e. The van der Waals surface area contributed by atoms with Crippen LogP contribution in [-0.4, -0.2) is 28.6 Å². The highest BCUT2D eigenvalue weighted by molar-refractivity contribution is 8.17. The summed E-state index contributed by atoms with van der Waals surface area (Å²) in [6.45, 7) is 4.58. The van der Waals surface area contributed by atoms with Gasteiger partial charge in [0.2, 0.25) is 0 Å². The first-order valence-electron chi connectivity index (χ1n) is 7.08. The molecule has 2 aliphatic heterocycles. The molecule has 0 saturated carbocycles. The van der Waals surface area contributed by atoms with Gasteiger partial charge in [-0.2, -0.15) is 0 Å². The Morgan fingerprint density at radius 1 is 1.32 bits per heavy atom. The summed E-state index contributed by atoms with van der Waals surface area (Å²) >= 11 is 4.01. The third-order valence-corrected chi connectivity index (χ3v) is 6.60. The van der Waals surface area contributed by atoms with E-state index in [1.165, 1.54) is 22.8 Å². The van der Waals surface area contributed by atoms with Crippen molar-refractivity contribution in [2.24, 2.45) is 4.99 Å². The van der Waals surface area contributed by atoms with Crippen LogP contribution in [0.3, 0.4) is 0 Å². The Labute approximate surface area is 123 Å². The number of rotatable bonds is 2. The van der Waals surface area contributed by atoms with Crippen molar-refractivity contribution >= 4 is 34.3 Å². The number of piperidine rings is 1. The molecule has 0 spiro atoms. The molecule has 0 aromatic heterocycles. The second-order valence-corrected chi connectivity index (χ2v) is 7.56. The second-order valence-electron chi connectivity index (χ2n) is 5.00. The summed E-state index contributed by atoms with van der Waals surface area (Å²) in [6, 6.07) is 8.52. The Bertz CT molecular complexity index is 467. The van der Waals surface area contributed by atoms with E-state index in [-0.39, 0.29) is 0 Å². The highest BCUT2D eigenvalue weighted by atomic mass is 32.2. The van der Waals surface area contributed by atoms with Gasteiger partial charge < -0.3 is 5.32 Å². The van der Waals surface area contributed by atoms with E-state index in [1.54, 1.807) is 0 Å². The number of hydrogen-bond acceptors (Lipinski definition) is 4. The van der Waals surface area contributed by atoms with E-state index < -0.39 is 0 Å². The van der Waals surface area contributed by atoms with Gasteiger partial charge in [0.05, 0.1) is 16.0 Å². The summed E-state index contributed by atoms with van der Waals surface area (Å²) in [6.07, 6.45) is 3.70. The molecule has 1 aromatic rings. The normalized spacial score (nSPS) is 23.8. The fraction of sp³-hybridized carbons (Fsp3) is 0.533. The minimum atomic E-state index is 0.551. The molecule has 1 N–H and O–H groups in total. The lowest BCUT2D eigenvalue weighted by Crippen LogP contribution is -2.31. The maximum atomic E-state index is 4.93. The van der Waals surface area contributed by atoms with Gasteiger partial charge in [-0.1, -0.05) is 19.1 Å². The van der Waals surface area contributed by atoms with Crippen molar-refractivity contribution in [1.29, 1.82) is 0 Å². The van der Waals surface area contributed by atoms with Crippen molar-refractivity contribution in [3.8, 4) is 0 Å². The first kappa shape index (κ1) is 13.5. The van der Waals surface area contributed by atoms with Crippen LogP contribution in [0.15, 0.2) is 34.2 Å². The van der Waals surface area contributed by atoms with Crippen molar-refractivity contribution in [2.45, 2.75) is 41.6 Å². The van der Waals surface area contributed by atoms with Gasteiger partial charge in [-0.3, -0.25) is 0 Å². The van der Waals surface area contributed by atoms with Crippen LogP contribution in [0.4, 0.5) is 5.69 Å². The van der Waals surface area contributed by atoms with E-state index in [9.17, 15) is 0 Å². The molecule has 1 saturated heterocycles. The Morgan fingerprint density at radius 2 is 2.11 bits per heavy atom. The number of nitrogens with zero attached hydrogens (tertiary/aromatic N) is 1. The molecule has 0 amide bonds. The van der Waals surface area contributed by atoms with E-state index >= 15 is 0 Å². The molecular formula is C15H20N2S2. The lowest BCUT2D eigenvalue weighted by Gasteiger charge is -2.28. The van der Waals surface area contributed by atoms with Gasteiger partial charge in [0, 0.05) is 10.1 Å². The van der Waals surface area contributed by atoms with Gasteiger partial charge in [0.25, 0.3) is 0 Å². The zero-order valence-corrected chi connectivity index (χ0v) is 12.9. The van der Waals surface area contributed by atoms with Crippen molar-refractivity contribution in [2.75, 3.05) is 13.1 Å². The molecule has 3 rings (SSSR count). The van der Waals surface area contributed by atoms with Crippen molar-refractivity contribution in [3.05, 3.63) is 24.3 Å². The molecular weight excluding hydrogens is 272 g/mol. The standard InChI is InChI=1S/C15H20N2S2/c1-2-13-15(18-11-7-9-16-10-8-11)17-12-5-3-4-6-14(12)19-13/h3-6,11,13,16H,2,7-10H2,1H3. The van der Waals surface area contributed by atoms with E-state index in [1.807, 2.05) is 23.5 Å². The number of benzene rings is 1. The lowest BCUT2D eigenvalue weighted by molar-refractivity contribution is 0.532. The summed E-state index contributed by atoms with van der Waals surface area (Å²) < 4.78 is 0. The van der Waals surface area contributed by atoms with Crippen LogP contribution < -0.4 is 5.32 Å². The van der Waals surface area contributed by atoms with E-state index in [2.05, 4.69) is 36.5 Å². The number of aliphatic imine (C=N–C) groups is 1. The zero-order chi connectivity index (χ0) is 13.1. The van der Waals surface area contributed by atoms with Crippen molar-refractivity contribution in [3.63, 3.8) is 0 Å². The number of thioether (sulfide) groups is 2. The second kappa shape index (κ2) is 6.33. The van der Waals surface area contributed by atoms with Crippen LogP contribution in [0.25, 0.3) is 0 Å². The van der Waals surface area contributed by atoms with Gasteiger partial charge in [-0.15, -0.1) is 23.5 Å². The summed E-state index contributed by atoms with van der Waals surface area (Å²) in [4.78, 5) is 6.27. The van der Waals surface area contributed by atoms with E-state index in [0.717, 1.165) is 30.4 Å². The molecule has 2 heterocycles. The zero-order valence-electron chi connectivity index (χ0n) is 11.3. The molecule has 4 heteroatoms. The quantitative estimate of drug-likeness (QED) is 0.888. The molecule has 0 aliphatic carbocycles. The number of fused-ring (bicyclic) bond motifs is 1. The van der Waals surface area contributed by atoms with Crippen LogP contribution in [0.2, 0.25) is 0 Å². The Kier molecular flexibility index (Phi) is 4.51. The molecule has 19 heavy (non-hydrogen) atoms. The Morgan fingerprint density at radius 3 is 2.89 bits per heavy atom. The van der Waals surface area contributed by atoms with Crippen LogP contribution in [0.5, 0.6) is 0 Å². The number of hydrogen-bond donors (Lipinski definition) is 1. The monoisotopic (exact) mass is 292 g/mol. The molecule has 2 aliphatic rings. The highest BCUT2D eigenvalue weighted by Gasteiger charge is 2.26. The van der Waals surface area contributed by atoms with Crippen LogP contribution in [0, 0.1) is 0 Å². The topological polar surface area (TPSA) is 24.4 Å². The van der Waals surface area contributed by atoms with Gasteiger partial charge in [0.1, 0.15) is 0 Å². The third kappa shape index (κ3) is 3.18. The summed E-state index contributed by atoms with van der Waals surface area (Å²) in [7, 11) is 0. The minimum absolute atomic E-state index is 0.551. The average molecular weight is 292 g/mol. The average Bonchev–Trinajstić information content (AvgIpc) is 2.47. The number of nitrogens with one attached hydrogen (secondary N) is 1. The summed E-state index contributed by atoms with van der Waals surface area (Å²) in [5.74, 6) is 0. The Hall–Kier alpha value is -0.450. The summed E-state index contributed by atoms with van der Waals surface area (Å²) in [5.41, 5.74) is 1.16. The van der Waals surface area contributed by atoms with E-state index in [4.69, 9.17) is 4.99 Å². The van der Waals surface area contributed by atoms with Gasteiger partial charge in [0.15, 0.2) is 0 Å². The van der Waals surface area contributed by atoms with E-state index in [0.29, 0.717) is 5.25 Å². The highest BCUT2D eigenvalue weighted by Crippen LogP contribution is 2.42. The SMILES string of the molecule is CCC1Sc2ccccc2N=C1SC1CCNCC1. The number of para-hydroxylation sites is 1. The Balaban J connectivity index is 1.79. The van der Waals surface area contributed by atoms with Gasteiger partial charge in [-0.05, 0) is 44.5 Å². The fourth-order valence-corrected chi connectivity index (χ4v) is 5.10. The largest absolute Gasteiger partial charge is 0.317 e.